The summed E-state index contributed by atoms with van der Waals surface area (Å²) in [7, 11) is 0. The average molecular weight is 284 g/mol. The van der Waals surface area contributed by atoms with Gasteiger partial charge in [-0.1, -0.05) is 0 Å². The molecule has 0 aromatic heterocycles. The minimum atomic E-state index is -0.658. The highest BCUT2D eigenvalue weighted by Gasteiger charge is 2.12. The largest absolute Gasteiger partial charge is 0.488 e. The zero-order valence-electron chi connectivity index (χ0n) is 6.40. The smallest absolute Gasteiger partial charge is 0.191 e. The Morgan fingerprint density at radius 1 is 1.42 bits per heavy atom. The highest BCUT2D eigenvalue weighted by atomic mass is 127. The van der Waals surface area contributed by atoms with E-state index >= 15 is 0 Å². The third-order valence-corrected chi connectivity index (χ3v) is 2.12. The van der Waals surface area contributed by atoms with Crippen LogP contribution in [0.1, 0.15) is 6.92 Å². The molecule has 0 aliphatic carbocycles. The molecule has 0 aliphatic heterocycles. The van der Waals surface area contributed by atoms with E-state index in [1.807, 2.05) is 0 Å². The zero-order chi connectivity index (χ0) is 9.14. The maximum absolute atomic E-state index is 13.1. The molecule has 0 saturated heterocycles. The van der Waals surface area contributed by atoms with Crippen molar-refractivity contribution < 1.29 is 13.5 Å². The van der Waals surface area contributed by atoms with E-state index in [4.69, 9.17) is 4.74 Å². The highest BCUT2D eigenvalue weighted by molar-refractivity contribution is 14.1. The molecule has 0 N–H and O–H groups in total. The zero-order valence-corrected chi connectivity index (χ0v) is 8.56. The first-order chi connectivity index (χ1) is 5.66. The molecule has 0 unspecified atom stereocenters. The molecule has 1 aromatic carbocycles. The van der Waals surface area contributed by atoms with E-state index in [0.717, 1.165) is 0 Å². The molecular weight excluding hydrogens is 277 g/mol. The maximum atomic E-state index is 13.1. The van der Waals surface area contributed by atoms with Gasteiger partial charge in [0.05, 0.1) is 10.2 Å². The Balaban J connectivity index is 3.14. The van der Waals surface area contributed by atoms with Gasteiger partial charge in [0.1, 0.15) is 0 Å². The van der Waals surface area contributed by atoms with Crippen LogP contribution in [0, 0.1) is 15.2 Å². The lowest BCUT2D eigenvalue weighted by Gasteiger charge is -2.06. The van der Waals surface area contributed by atoms with Crippen LogP contribution < -0.4 is 4.74 Å². The minimum absolute atomic E-state index is 0.258. The van der Waals surface area contributed by atoms with Crippen LogP contribution in [-0.4, -0.2) is 6.61 Å². The van der Waals surface area contributed by atoms with E-state index in [2.05, 4.69) is 0 Å². The molecule has 1 aromatic rings. The molecular formula is C8H7F2IO. The first-order valence-electron chi connectivity index (χ1n) is 3.43. The molecule has 4 heteroatoms. The molecule has 66 valence electrons. The van der Waals surface area contributed by atoms with E-state index < -0.39 is 11.6 Å². The summed E-state index contributed by atoms with van der Waals surface area (Å²) in [6, 6.07) is 2.56. The third-order valence-electron chi connectivity index (χ3n) is 1.29. The van der Waals surface area contributed by atoms with Crippen molar-refractivity contribution in [3.8, 4) is 5.75 Å². The number of benzene rings is 1. The van der Waals surface area contributed by atoms with Gasteiger partial charge < -0.3 is 4.74 Å². The van der Waals surface area contributed by atoms with Crippen molar-refractivity contribution in [3.63, 3.8) is 0 Å². The Labute approximate surface area is 82.9 Å². The van der Waals surface area contributed by atoms with Gasteiger partial charge in [-0.25, -0.2) is 8.78 Å². The topological polar surface area (TPSA) is 9.23 Å². The van der Waals surface area contributed by atoms with Gasteiger partial charge in [-0.2, -0.15) is 0 Å². The van der Waals surface area contributed by atoms with Crippen molar-refractivity contribution in [2.75, 3.05) is 6.61 Å². The number of hydrogen-bond acceptors (Lipinski definition) is 1. The summed E-state index contributed by atoms with van der Waals surface area (Å²) in [6.45, 7) is 1.94. The van der Waals surface area contributed by atoms with Gasteiger partial charge in [0.2, 0.25) is 0 Å². The molecule has 0 saturated carbocycles. The summed E-state index contributed by atoms with van der Waals surface area (Å²) in [6.07, 6.45) is 0. The van der Waals surface area contributed by atoms with E-state index in [1.54, 1.807) is 29.5 Å². The number of rotatable bonds is 2. The normalized spacial score (nSPS) is 10.0. The summed E-state index contributed by atoms with van der Waals surface area (Å²) in [4.78, 5) is 0. The Morgan fingerprint density at radius 2 is 2.08 bits per heavy atom. The summed E-state index contributed by atoms with van der Waals surface area (Å²) in [5.41, 5.74) is 0. The first kappa shape index (κ1) is 9.70. The van der Waals surface area contributed by atoms with Crippen LogP contribution in [0.3, 0.4) is 0 Å². The third kappa shape index (κ3) is 1.85. The fourth-order valence-electron chi connectivity index (χ4n) is 0.785. The lowest BCUT2D eigenvalue weighted by molar-refractivity contribution is 0.302. The predicted molar refractivity (Wildman–Crippen MR) is 50.2 cm³/mol. The van der Waals surface area contributed by atoms with Crippen LogP contribution in [0.5, 0.6) is 5.75 Å². The fraction of sp³-hybridized carbons (Fsp3) is 0.250. The second-order valence-electron chi connectivity index (χ2n) is 2.11. The van der Waals surface area contributed by atoms with E-state index in [0.29, 0.717) is 3.57 Å². The van der Waals surface area contributed by atoms with Crippen molar-refractivity contribution in [2.45, 2.75) is 6.92 Å². The Kier molecular flexibility index (Phi) is 3.25. The molecule has 0 spiro atoms. The molecule has 1 nitrogen and oxygen atoms in total. The van der Waals surface area contributed by atoms with Crippen LogP contribution in [0.25, 0.3) is 0 Å². The second-order valence-corrected chi connectivity index (χ2v) is 3.27. The average Bonchev–Trinajstić information content (AvgIpc) is 2.06. The quantitative estimate of drug-likeness (QED) is 0.599. The fourth-order valence-corrected chi connectivity index (χ4v) is 1.21. The van der Waals surface area contributed by atoms with Crippen LogP contribution >= 0.6 is 22.6 Å². The Morgan fingerprint density at radius 3 is 2.67 bits per heavy atom. The Bertz CT molecular complexity index is 289. The second kappa shape index (κ2) is 4.02. The lowest BCUT2D eigenvalue weighted by Crippen LogP contribution is -1.99. The summed E-state index contributed by atoms with van der Waals surface area (Å²) >= 11 is 1.78. The molecule has 0 radical (unpaired) electrons. The van der Waals surface area contributed by atoms with Crippen LogP contribution in [-0.2, 0) is 0 Å². The van der Waals surface area contributed by atoms with Gasteiger partial charge >= 0.3 is 0 Å². The molecule has 0 amide bonds. The Hall–Kier alpha value is -0.390. The van der Waals surface area contributed by atoms with Gasteiger partial charge in [0.25, 0.3) is 0 Å². The number of hydrogen-bond donors (Lipinski definition) is 0. The van der Waals surface area contributed by atoms with Crippen LogP contribution in [0.15, 0.2) is 12.1 Å². The maximum Gasteiger partial charge on any atom is 0.191 e. The van der Waals surface area contributed by atoms with Gasteiger partial charge in [-0.05, 0) is 41.6 Å². The molecule has 12 heavy (non-hydrogen) atoms. The summed E-state index contributed by atoms with van der Waals surface area (Å²) in [5.74, 6) is -1.57. The van der Waals surface area contributed by atoms with Gasteiger partial charge in [-0.15, -0.1) is 0 Å². The monoisotopic (exact) mass is 284 g/mol. The van der Waals surface area contributed by atoms with Gasteiger partial charge in [-0.3, -0.25) is 0 Å². The molecule has 0 bridgehead atoms. The summed E-state index contributed by atoms with van der Waals surface area (Å²) in [5, 5.41) is 0. The predicted octanol–water partition coefficient (Wildman–Crippen LogP) is 2.97. The molecule has 0 atom stereocenters. The van der Waals surface area contributed by atoms with Crippen molar-refractivity contribution in [1.29, 1.82) is 0 Å². The van der Waals surface area contributed by atoms with Crippen molar-refractivity contribution in [3.05, 3.63) is 27.3 Å². The van der Waals surface area contributed by atoms with Crippen molar-refractivity contribution >= 4 is 22.6 Å². The highest BCUT2D eigenvalue weighted by Crippen LogP contribution is 2.25. The SMILES string of the molecule is CCOc1c(F)ccc(I)c1F. The van der Waals surface area contributed by atoms with Crippen molar-refractivity contribution in [1.82, 2.24) is 0 Å². The molecule has 0 aliphatic rings. The van der Waals surface area contributed by atoms with E-state index in [1.165, 1.54) is 12.1 Å². The molecule has 0 fully saturated rings. The van der Waals surface area contributed by atoms with E-state index in [-0.39, 0.29) is 12.4 Å². The van der Waals surface area contributed by atoms with Crippen LogP contribution in [0.4, 0.5) is 8.78 Å². The molecule has 0 heterocycles. The van der Waals surface area contributed by atoms with Gasteiger partial charge in [0.15, 0.2) is 17.4 Å². The first-order valence-corrected chi connectivity index (χ1v) is 4.51. The number of ether oxygens (including phenoxy) is 1. The van der Waals surface area contributed by atoms with Crippen LogP contribution in [0.2, 0.25) is 0 Å². The minimum Gasteiger partial charge on any atom is -0.488 e. The standard InChI is InChI=1S/C8H7F2IO/c1-2-12-8-5(9)3-4-6(11)7(8)10/h3-4H,2H2,1H3. The lowest BCUT2D eigenvalue weighted by atomic mass is 10.3. The number of halogens is 3. The molecule has 1 rings (SSSR count). The van der Waals surface area contributed by atoms with Gasteiger partial charge in [0, 0.05) is 0 Å². The van der Waals surface area contributed by atoms with Crippen molar-refractivity contribution in [2.24, 2.45) is 0 Å². The summed E-state index contributed by atoms with van der Waals surface area (Å²) < 4.78 is 31.1. The van der Waals surface area contributed by atoms with E-state index in [9.17, 15) is 8.78 Å².